The molecule has 3 aromatic carbocycles. The van der Waals surface area contributed by atoms with Crippen LogP contribution in [0.2, 0.25) is 0 Å². The number of hydrogen-bond acceptors (Lipinski definition) is 8. The Morgan fingerprint density at radius 2 is 1.02 bits per heavy atom. The molecule has 206 valence electrons. The van der Waals surface area contributed by atoms with Crippen LogP contribution in [0.3, 0.4) is 0 Å². The van der Waals surface area contributed by atoms with Crippen molar-refractivity contribution in [2.45, 2.75) is 0 Å². The maximum absolute atomic E-state index is 15.2. The third-order valence-electron chi connectivity index (χ3n) is 5.22. The smallest absolute Gasteiger partial charge is 0.335 e. The normalized spacial score (nSPS) is 10.3. The molecule has 0 N–H and O–H groups in total. The zero-order chi connectivity index (χ0) is 29.9. The second-order valence-corrected chi connectivity index (χ2v) is 7.93. The number of halogens is 1. The Morgan fingerprint density at radius 1 is 0.561 bits per heavy atom. The monoisotopic (exact) mass is 554 g/mol. The summed E-state index contributed by atoms with van der Waals surface area (Å²) in [6, 6.07) is 12.9. The summed E-state index contributed by atoms with van der Waals surface area (Å²) < 4.78 is 35.8. The molecule has 0 bridgehead atoms. The number of rotatable bonds is 11. The number of benzene rings is 3. The molecule has 9 heteroatoms. The van der Waals surface area contributed by atoms with E-state index < -0.39 is 29.7 Å². The lowest BCUT2D eigenvalue weighted by atomic mass is 10.0. The molecule has 0 saturated heterocycles. The van der Waals surface area contributed by atoms with Crippen molar-refractivity contribution in [1.82, 2.24) is 0 Å². The van der Waals surface area contributed by atoms with Crippen LogP contribution in [0.5, 0.6) is 23.0 Å². The Balaban J connectivity index is 1.95. The molecule has 0 radical (unpaired) electrons. The van der Waals surface area contributed by atoms with E-state index in [9.17, 15) is 19.2 Å². The van der Waals surface area contributed by atoms with Crippen LogP contribution in [0.1, 0.15) is 11.1 Å². The van der Waals surface area contributed by atoms with Crippen molar-refractivity contribution in [3.63, 3.8) is 0 Å². The molecule has 0 fully saturated rings. The first-order valence-corrected chi connectivity index (χ1v) is 11.8. The van der Waals surface area contributed by atoms with Crippen LogP contribution >= 0.6 is 0 Å². The van der Waals surface area contributed by atoms with Gasteiger partial charge >= 0.3 is 23.9 Å². The Kier molecular flexibility index (Phi) is 10.0. The summed E-state index contributed by atoms with van der Waals surface area (Å²) in [6.45, 7) is 13.4. The number of carbonyl (C=O) groups excluding carboxylic acids is 4. The summed E-state index contributed by atoms with van der Waals surface area (Å²) in [5, 5.41) is 0. The van der Waals surface area contributed by atoms with Gasteiger partial charge in [0.2, 0.25) is 0 Å². The van der Waals surface area contributed by atoms with Gasteiger partial charge in [0, 0.05) is 53.1 Å². The number of hydrogen-bond donors (Lipinski definition) is 0. The van der Waals surface area contributed by atoms with E-state index in [0.29, 0.717) is 16.7 Å². The summed E-state index contributed by atoms with van der Waals surface area (Å²) in [4.78, 5) is 46.8. The van der Waals surface area contributed by atoms with Gasteiger partial charge in [-0.05, 0) is 35.9 Å². The lowest BCUT2D eigenvalue weighted by Gasteiger charge is -2.12. The topological polar surface area (TPSA) is 105 Å². The zero-order valence-corrected chi connectivity index (χ0v) is 21.6. The molecule has 0 heterocycles. The minimum absolute atomic E-state index is 0.0119. The van der Waals surface area contributed by atoms with E-state index in [2.05, 4.69) is 26.3 Å². The average Bonchev–Trinajstić information content (AvgIpc) is 2.97. The maximum Gasteiger partial charge on any atom is 0.335 e. The lowest BCUT2D eigenvalue weighted by molar-refractivity contribution is -0.130. The van der Waals surface area contributed by atoms with Crippen LogP contribution in [0.4, 0.5) is 4.39 Å². The predicted octanol–water partition coefficient (Wildman–Crippen LogP) is 6.03. The second kappa shape index (κ2) is 13.8. The predicted molar refractivity (Wildman–Crippen MR) is 151 cm³/mol. The first-order valence-electron chi connectivity index (χ1n) is 11.8. The quantitative estimate of drug-likeness (QED) is 0.123. The van der Waals surface area contributed by atoms with E-state index in [1.807, 2.05) is 0 Å². The molecular formula is C32H23FO8. The molecule has 3 aromatic rings. The zero-order valence-electron chi connectivity index (χ0n) is 21.6. The van der Waals surface area contributed by atoms with Gasteiger partial charge in [0.25, 0.3) is 0 Å². The Morgan fingerprint density at radius 3 is 1.59 bits per heavy atom. The van der Waals surface area contributed by atoms with E-state index in [0.717, 1.165) is 24.3 Å². The van der Waals surface area contributed by atoms with Crippen molar-refractivity contribution in [2.24, 2.45) is 0 Å². The van der Waals surface area contributed by atoms with Gasteiger partial charge in [-0.25, -0.2) is 23.6 Å². The summed E-state index contributed by atoms with van der Waals surface area (Å²) in [7, 11) is 0. The molecule has 0 atom stereocenters. The summed E-state index contributed by atoms with van der Waals surface area (Å²) in [5.41, 5.74) is 1.27. The molecule has 0 unspecified atom stereocenters. The Hall–Kier alpha value is -5.83. The molecule has 8 nitrogen and oxygen atoms in total. The largest absolute Gasteiger partial charge is 0.423 e. The van der Waals surface area contributed by atoms with Gasteiger partial charge in [-0.3, -0.25) is 0 Å². The van der Waals surface area contributed by atoms with Crippen molar-refractivity contribution < 1.29 is 42.5 Å². The van der Waals surface area contributed by atoms with Gasteiger partial charge in [0.05, 0.1) is 0 Å². The molecule has 41 heavy (non-hydrogen) atoms. The highest BCUT2D eigenvalue weighted by atomic mass is 19.1. The Labute approximate surface area is 234 Å². The van der Waals surface area contributed by atoms with Crippen molar-refractivity contribution in [3.8, 4) is 34.1 Å². The van der Waals surface area contributed by atoms with E-state index in [1.165, 1.54) is 60.7 Å². The minimum atomic E-state index is -0.767. The van der Waals surface area contributed by atoms with Crippen molar-refractivity contribution in [1.29, 1.82) is 0 Å². The fourth-order valence-corrected chi connectivity index (χ4v) is 3.32. The third-order valence-corrected chi connectivity index (χ3v) is 5.22. The van der Waals surface area contributed by atoms with Gasteiger partial charge in [0.1, 0.15) is 28.8 Å². The van der Waals surface area contributed by atoms with Crippen LogP contribution in [-0.2, 0) is 19.2 Å². The highest BCUT2D eigenvalue weighted by Gasteiger charge is 2.15. The molecule has 0 aliphatic heterocycles. The number of ether oxygens (including phenoxy) is 4. The molecule has 0 spiro atoms. The van der Waals surface area contributed by atoms with Crippen LogP contribution < -0.4 is 18.9 Å². The SMILES string of the molecule is C=CC(=O)Oc1ccc(/C=C/c2ccc(-c3ccc(OC(=O)C=C)cc3OC(=O)C=C)cc2F)c(OC(=O)C=C)c1. The van der Waals surface area contributed by atoms with E-state index in [1.54, 1.807) is 6.07 Å². The highest BCUT2D eigenvalue weighted by Crippen LogP contribution is 2.35. The summed E-state index contributed by atoms with van der Waals surface area (Å²) >= 11 is 0. The Bertz CT molecular complexity index is 1600. The van der Waals surface area contributed by atoms with E-state index in [4.69, 9.17) is 18.9 Å². The second-order valence-electron chi connectivity index (χ2n) is 7.93. The van der Waals surface area contributed by atoms with E-state index >= 15 is 4.39 Å². The lowest BCUT2D eigenvalue weighted by Crippen LogP contribution is -2.06. The van der Waals surface area contributed by atoms with Crippen molar-refractivity contribution >= 4 is 36.0 Å². The van der Waals surface area contributed by atoms with Gasteiger partial charge in [0.15, 0.2) is 0 Å². The van der Waals surface area contributed by atoms with Crippen LogP contribution in [0.25, 0.3) is 23.3 Å². The van der Waals surface area contributed by atoms with Gasteiger partial charge in [-0.15, -0.1) is 0 Å². The standard InChI is InChI=1S/C32H23FO8/c1-5-29(34)38-23-14-13-21(27(18-23)40-31(36)7-3)11-9-20-10-12-22(17-26(20)33)25-16-15-24(39-30(35)6-2)19-28(25)41-32(37)8-4/h5-19H,1-4H2/b11-9+. The molecule has 0 saturated carbocycles. The van der Waals surface area contributed by atoms with Crippen molar-refractivity contribution in [2.75, 3.05) is 0 Å². The van der Waals surface area contributed by atoms with Gasteiger partial charge in [-0.2, -0.15) is 0 Å². The molecule has 0 aliphatic rings. The molecule has 0 aromatic heterocycles. The fourth-order valence-electron chi connectivity index (χ4n) is 3.32. The van der Waals surface area contributed by atoms with E-state index in [-0.39, 0.29) is 28.6 Å². The molecule has 3 rings (SSSR count). The molecular weight excluding hydrogens is 531 g/mol. The highest BCUT2D eigenvalue weighted by molar-refractivity contribution is 5.88. The minimum Gasteiger partial charge on any atom is -0.423 e. The molecule has 0 aliphatic carbocycles. The first-order chi connectivity index (χ1) is 19.7. The first kappa shape index (κ1) is 29.7. The maximum atomic E-state index is 15.2. The average molecular weight is 555 g/mol. The van der Waals surface area contributed by atoms with Crippen LogP contribution in [-0.4, -0.2) is 23.9 Å². The number of esters is 4. The number of carbonyl (C=O) groups is 4. The van der Waals surface area contributed by atoms with Crippen LogP contribution in [0, 0.1) is 5.82 Å². The van der Waals surface area contributed by atoms with Gasteiger partial charge < -0.3 is 18.9 Å². The third kappa shape index (κ3) is 8.08. The van der Waals surface area contributed by atoms with Crippen molar-refractivity contribution in [3.05, 3.63) is 122 Å². The molecule has 0 amide bonds. The summed E-state index contributed by atoms with van der Waals surface area (Å²) in [6.07, 6.45) is 6.83. The van der Waals surface area contributed by atoms with Crippen LogP contribution in [0.15, 0.2) is 105 Å². The fraction of sp³-hybridized carbons (Fsp3) is 0. The van der Waals surface area contributed by atoms with Gasteiger partial charge in [-0.1, -0.05) is 50.6 Å². The summed E-state index contributed by atoms with van der Waals surface area (Å²) in [5.74, 6) is -3.31.